The third kappa shape index (κ3) is 8.24. The Morgan fingerprint density at radius 1 is 0.946 bits per heavy atom. The number of hydrogen-bond donors (Lipinski definition) is 2. The van der Waals surface area contributed by atoms with Crippen LogP contribution in [-0.4, -0.2) is 52.9 Å². The van der Waals surface area contributed by atoms with E-state index in [1.165, 1.54) is 24.3 Å². The number of hydrogen-bond acceptors (Lipinski definition) is 5. The highest BCUT2D eigenvalue weighted by molar-refractivity contribution is 7.89. The third-order valence-electron chi connectivity index (χ3n) is 5.59. The Morgan fingerprint density at radius 3 is 2.24 bits per heavy atom. The first-order valence-electron chi connectivity index (χ1n) is 11.6. The number of pyridine rings is 1. The van der Waals surface area contributed by atoms with Gasteiger partial charge in [-0.15, -0.1) is 0 Å². The zero-order valence-corrected chi connectivity index (χ0v) is 21.5. The van der Waals surface area contributed by atoms with Crippen LogP contribution in [0.1, 0.15) is 36.0 Å². The summed E-state index contributed by atoms with van der Waals surface area (Å²) in [6.45, 7) is -0.676. The lowest BCUT2D eigenvalue weighted by Gasteiger charge is -2.20. The van der Waals surface area contributed by atoms with Crippen LogP contribution in [0.5, 0.6) is 0 Å². The van der Waals surface area contributed by atoms with E-state index in [1.54, 1.807) is 12.4 Å². The van der Waals surface area contributed by atoms with E-state index >= 15 is 0 Å². The van der Waals surface area contributed by atoms with Crippen molar-refractivity contribution in [1.82, 2.24) is 9.29 Å². The zero-order chi connectivity index (χ0) is 26.8. The lowest BCUT2D eigenvalue weighted by molar-refractivity contribution is -0.138. The van der Waals surface area contributed by atoms with E-state index in [2.05, 4.69) is 4.98 Å². The van der Waals surface area contributed by atoms with Crippen LogP contribution < -0.4 is 0 Å². The minimum Gasteiger partial charge on any atom is -0.481 e. The van der Waals surface area contributed by atoms with E-state index in [4.69, 9.17) is 16.7 Å². The molecule has 1 heterocycles. The summed E-state index contributed by atoms with van der Waals surface area (Å²) in [4.78, 5) is 26.4. The number of sulfonamides is 1. The maximum atomic E-state index is 13.0. The molecule has 0 unspecified atom stereocenters. The van der Waals surface area contributed by atoms with Crippen LogP contribution in [-0.2, 0) is 26.0 Å². The fourth-order valence-electron chi connectivity index (χ4n) is 3.72. The van der Waals surface area contributed by atoms with Gasteiger partial charge in [-0.25, -0.2) is 8.42 Å². The van der Waals surface area contributed by atoms with E-state index in [-0.39, 0.29) is 17.9 Å². The van der Waals surface area contributed by atoms with E-state index in [0.717, 1.165) is 26.6 Å². The molecule has 0 atom stereocenters. The second-order valence-electron chi connectivity index (χ2n) is 8.28. The monoisotopic (exact) mass is 542 g/mol. The van der Waals surface area contributed by atoms with Crippen LogP contribution in [0, 0.1) is 0 Å². The number of carboxylic acids is 2. The molecule has 1 aromatic heterocycles. The fourth-order valence-corrected chi connectivity index (χ4v) is 5.24. The Morgan fingerprint density at radius 2 is 1.65 bits per heavy atom. The maximum absolute atomic E-state index is 13.0. The molecule has 0 spiro atoms. The average molecular weight is 543 g/mol. The Balaban J connectivity index is 1.77. The van der Waals surface area contributed by atoms with E-state index < -0.39 is 28.5 Å². The first-order chi connectivity index (χ1) is 17.7. The summed E-state index contributed by atoms with van der Waals surface area (Å²) >= 11 is 5.86. The predicted octanol–water partition coefficient (Wildman–Crippen LogP) is 4.74. The minimum absolute atomic E-state index is 0.0168. The quantitative estimate of drug-likeness (QED) is 0.299. The predicted molar refractivity (Wildman–Crippen MR) is 141 cm³/mol. The van der Waals surface area contributed by atoms with Crippen LogP contribution in [0.3, 0.4) is 0 Å². The van der Waals surface area contributed by atoms with Crippen molar-refractivity contribution in [3.63, 3.8) is 0 Å². The first kappa shape index (κ1) is 28.0. The largest absolute Gasteiger partial charge is 0.481 e. The maximum Gasteiger partial charge on any atom is 0.318 e. The third-order valence-corrected chi connectivity index (χ3v) is 7.70. The summed E-state index contributed by atoms with van der Waals surface area (Å²) in [6.07, 6.45) is 6.90. The van der Waals surface area contributed by atoms with Gasteiger partial charge in [0.15, 0.2) is 0 Å². The van der Waals surface area contributed by atoms with Crippen LogP contribution in [0.15, 0.2) is 84.0 Å². The molecular formula is C27H27ClN2O6S. The molecule has 0 aliphatic carbocycles. The van der Waals surface area contributed by atoms with Crippen molar-refractivity contribution in [2.75, 3.05) is 13.1 Å². The van der Waals surface area contributed by atoms with Crippen LogP contribution >= 0.6 is 11.6 Å². The van der Waals surface area contributed by atoms with Gasteiger partial charge in [0, 0.05) is 35.9 Å². The van der Waals surface area contributed by atoms with Crippen molar-refractivity contribution >= 4 is 39.1 Å². The molecule has 0 fully saturated rings. The van der Waals surface area contributed by atoms with E-state index in [9.17, 15) is 23.1 Å². The topological polar surface area (TPSA) is 125 Å². The second-order valence-corrected chi connectivity index (χ2v) is 10.7. The first-order valence-corrected chi connectivity index (χ1v) is 13.4. The van der Waals surface area contributed by atoms with Crippen LogP contribution in [0.25, 0.3) is 5.57 Å². The number of rotatable bonds is 13. The molecule has 2 N–H and O–H groups in total. The molecule has 194 valence electrons. The minimum atomic E-state index is -4.02. The molecular weight excluding hydrogens is 516 g/mol. The summed E-state index contributed by atoms with van der Waals surface area (Å²) in [5.74, 6) is -2.09. The molecule has 8 nitrogen and oxygen atoms in total. The molecule has 0 saturated carbocycles. The number of halogens is 1. The fraction of sp³-hybridized carbons (Fsp3) is 0.222. The molecule has 3 rings (SSSR count). The van der Waals surface area contributed by atoms with Crippen molar-refractivity contribution in [1.29, 1.82) is 0 Å². The van der Waals surface area contributed by atoms with Crippen molar-refractivity contribution in [2.24, 2.45) is 0 Å². The van der Waals surface area contributed by atoms with Crippen molar-refractivity contribution in [3.05, 3.63) is 101 Å². The molecule has 3 aromatic rings. The molecule has 0 aliphatic heterocycles. The number of aliphatic carboxylic acids is 2. The van der Waals surface area contributed by atoms with Crippen LogP contribution in [0.4, 0.5) is 0 Å². The summed E-state index contributed by atoms with van der Waals surface area (Å²) in [5.41, 5.74) is 3.56. The van der Waals surface area contributed by atoms with Crippen molar-refractivity contribution in [2.45, 2.75) is 30.6 Å². The molecule has 0 radical (unpaired) electrons. The highest BCUT2D eigenvalue weighted by Crippen LogP contribution is 2.25. The standard InChI is InChI=1S/C27H27ClN2O6S/c28-23-11-13-24(14-12-23)37(35,36)30(19-27(33)34)17-15-20-7-9-21(10-8-20)25(5-1-2-6-26(31)32)22-4-3-16-29-18-22/h3-5,7-14,16,18H,1-2,6,15,17,19H2,(H,31,32)(H,33,34)/b25-5+. The van der Waals surface area contributed by atoms with Gasteiger partial charge in [-0.3, -0.25) is 14.6 Å². The van der Waals surface area contributed by atoms with Gasteiger partial charge in [-0.1, -0.05) is 48.0 Å². The zero-order valence-electron chi connectivity index (χ0n) is 20.0. The van der Waals surface area contributed by atoms with Gasteiger partial charge in [0.1, 0.15) is 6.54 Å². The van der Waals surface area contributed by atoms with Gasteiger partial charge in [-0.2, -0.15) is 4.31 Å². The number of carboxylic acid groups (broad SMARTS) is 2. The highest BCUT2D eigenvalue weighted by atomic mass is 35.5. The Bertz CT molecular complexity index is 1340. The van der Waals surface area contributed by atoms with Gasteiger partial charge in [0.25, 0.3) is 0 Å². The van der Waals surface area contributed by atoms with Crippen LogP contribution in [0.2, 0.25) is 5.02 Å². The number of nitrogens with zero attached hydrogens (tertiary/aromatic N) is 2. The van der Waals surface area contributed by atoms with Crippen molar-refractivity contribution < 1.29 is 28.2 Å². The van der Waals surface area contributed by atoms with Crippen molar-refractivity contribution in [3.8, 4) is 0 Å². The normalized spacial score (nSPS) is 12.0. The SMILES string of the molecule is O=C(O)CCC/C=C(\c1ccc(CCN(CC(=O)O)S(=O)(=O)c2ccc(Cl)cc2)cc1)c1cccnc1. The Kier molecular flexibility index (Phi) is 9.96. The number of carbonyl (C=O) groups is 2. The molecule has 0 aliphatic rings. The number of unbranched alkanes of at least 4 members (excludes halogenated alkanes) is 1. The summed E-state index contributed by atoms with van der Waals surface area (Å²) in [5, 5.41) is 18.6. The van der Waals surface area contributed by atoms with Gasteiger partial charge in [0.05, 0.1) is 4.90 Å². The lowest BCUT2D eigenvalue weighted by atomic mass is 9.96. The van der Waals surface area contributed by atoms with Gasteiger partial charge in [0.2, 0.25) is 10.0 Å². The molecule has 0 amide bonds. The summed E-state index contributed by atoms with van der Waals surface area (Å²) in [6, 6.07) is 16.9. The Hall–Kier alpha value is -3.53. The average Bonchev–Trinajstić information content (AvgIpc) is 2.87. The second kappa shape index (κ2) is 13.1. The van der Waals surface area contributed by atoms with Gasteiger partial charge in [-0.05, 0) is 66.3 Å². The number of allylic oxidation sites excluding steroid dienone is 1. The Labute approximate surface area is 220 Å². The van der Waals surface area contributed by atoms with Gasteiger partial charge >= 0.3 is 11.9 Å². The molecule has 0 saturated heterocycles. The highest BCUT2D eigenvalue weighted by Gasteiger charge is 2.26. The van der Waals surface area contributed by atoms with E-state index in [1.807, 2.05) is 42.5 Å². The molecule has 37 heavy (non-hydrogen) atoms. The smallest absolute Gasteiger partial charge is 0.318 e. The molecule has 2 aromatic carbocycles. The number of benzene rings is 2. The lowest BCUT2D eigenvalue weighted by Crippen LogP contribution is -2.37. The van der Waals surface area contributed by atoms with Gasteiger partial charge < -0.3 is 10.2 Å². The summed E-state index contributed by atoms with van der Waals surface area (Å²) in [7, 11) is -4.02. The summed E-state index contributed by atoms with van der Waals surface area (Å²) < 4.78 is 27.0. The molecule has 0 bridgehead atoms. The molecule has 10 heteroatoms. The number of aromatic nitrogens is 1. The van der Waals surface area contributed by atoms with E-state index in [0.29, 0.717) is 24.3 Å².